The quantitative estimate of drug-likeness (QED) is 0.433. The highest BCUT2D eigenvalue weighted by Gasteiger charge is 2.12. The molecule has 1 atom stereocenters. The van der Waals surface area contributed by atoms with Crippen LogP contribution in [0, 0.1) is 0 Å². The van der Waals surface area contributed by atoms with Crippen LogP contribution in [0.3, 0.4) is 0 Å². The molecule has 0 bridgehead atoms. The van der Waals surface area contributed by atoms with Crippen molar-refractivity contribution in [2.24, 2.45) is 0 Å². The van der Waals surface area contributed by atoms with Crippen LogP contribution in [0.4, 0.5) is 4.79 Å². The van der Waals surface area contributed by atoms with Crippen LogP contribution in [0.5, 0.6) is 11.6 Å². The first-order chi connectivity index (χ1) is 15.1. The maximum absolute atomic E-state index is 10.6. The monoisotopic (exact) mass is 419 g/mol. The summed E-state index contributed by atoms with van der Waals surface area (Å²) < 4.78 is 17.2. The molecule has 0 saturated heterocycles. The minimum Gasteiger partial charge on any atom is -0.489 e. The minimum absolute atomic E-state index is 0.149. The van der Waals surface area contributed by atoms with Gasteiger partial charge in [-0.1, -0.05) is 30.3 Å². The van der Waals surface area contributed by atoms with Gasteiger partial charge in [-0.2, -0.15) is 0 Å². The molecule has 0 spiro atoms. The van der Waals surface area contributed by atoms with E-state index in [2.05, 4.69) is 15.3 Å². The average Bonchev–Trinajstić information content (AvgIpc) is 3.20. The lowest BCUT2D eigenvalue weighted by atomic mass is 10.2. The van der Waals surface area contributed by atoms with Gasteiger partial charge in [0.1, 0.15) is 24.5 Å². The number of pyridine rings is 1. The highest BCUT2D eigenvalue weighted by Crippen LogP contribution is 2.27. The third-order valence-corrected chi connectivity index (χ3v) is 4.45. The Morgan fingerprint density at radius 2 is 1.90 bits per heavy atom. The number of hydrogen-bond acceptors (Lipinski definition) is 6. The van der Waals surface area contributed by atoms with Gasteiger partial charge < -0.3 is 24.3 Å². The normalized spacial score (nSPS) is 11.8. The zero-order valence-corrected chi connectivity index (χ0v) is 16.8. The molecule has 2 aromatic heterocycles. The Balaban J connectivity index is 1.41. The van der Waals surface area contributed by atoms with Gasteiger partial charge in [0.2, 0.25) is 11.8 Å². The molecule has 8 heteroatoms. The van der Waals surface area contributed by atoms with Crippen LogP contribution in [0.2, 0.25) is 0 Å². The summed E-state index contributed by atoms with van der Waals surface area (Å²) >= 11 is 0. The molecule has 158 valence electrons. The fourth-order valence-electron chi connectivity index (χ4n) is 2.91. The van der Waals surface area contributed by atoms with E-state index in [4.69, 9.17) is 19.0 Å². The molecule has 2 N–H and O–H groups in total. The standard InChI is InChI=1S/C23H21N3O5/c1-15(25-23(27)28)13-30-21-11-20-19(12-24-21)26-22(31-20)17-7-9-18(10-8-17)29-14-16-5-3-2-4-6-16/h2-12,15,25H,13-14H2,1H3,(H,27,28)/t15-/m0/s1. The number of carbonyl (C=O) groups is 1. The summed E-state index contributed by atoms with van der Waals surface area (Å²) in [7, 11) is 0. The van der Waals surface area contributed by atoms with Gasteiger partial charge in [0.15, 0.2) is 5.58 Å². The molecule has 0 aliphatic heterocycles. The SMILES string of the molecule is C[C@@H](COc1cc2oc(-c3ccc(OCc4ccccc4)cc3)nc2cn1)NC(=O)O. The molecular weight excluding hydrogens is 398 g/mol. The highest BCUT2D eigenvalue weighted by molar-refractivity contribution is 5.76. The fourth-order valence-corrected chi connectivity index (χ4v) is 2.91. The van der Waals surface area contributed by atoms with Crippen LogP contribution in [-0.4, -0.2) is 33.8 Å². The molecule has 1 amide bonds. The van der Waals surface area contributed by atoms with E-state index in [0.29, 0.717) is 29.5 Å². The van der Waals surface area contributed by atoms with Crippen molar-refractivity contribution in [3.05, 3.63) is 72.4 Å². The van der Waals surface area contributed by atoms with Gasteiger partial charge in [0, 0.05) is 11.6 Å². The lowest BCUT2D eigenvalue weighted by Gasteiger charge is -2.11. The lowest BCUT2D eigenvalue weighted by Crippen LogP contribution is -2.35. The smallest absolute Gasteiger partial charge is 0.404 e. The first kappa shape index (κ1) is 20.2. The number of carboxylic acid groups (broad SMARTS) is 1. The molecule has 4 aromatic rings. The molecular formula is C23H21N3O5. The minimum atomic E-state index is -1.10. The molecule has 0 aliphatic rings. The number of aromatic nitrogens is 2. The van der Waals surface area contributed by atoms with Gasteiger partial charge >= 0.3 is 6.09 Å². The van der Waals surface area contributed by atoms with E-state index in [1.54, 1.807) is 19.2 Å². The molecule has 8 nitrogen and oxygen atoms in total. The Morgan fingerprint density at radius 1 is 1.13 bits per heavy atom. The Hall–Kier alpha value is -4.07. The fraction of sp³-hybridized carbons (Fsp3) is 0.174. The first-order valence-electron chi connectivity index (χ1n) is 9.73. The maximum atomic E-state index is 10.6. The summed E-state index contributed by atoms with van der Waals surface area (Å²) in [6.45, 7) is 2.35. The lowest BCUT2D eigenvalue weighted by molar-refractivity contribution is 0.182. The van der Waals surface area contributed by atoms with E-state index < -0.39 is 6.09 Å². The molecule has 0 aliphatic carbocycles. The molecule has 0 fully saturated rings. The van der Waals surface area contributed by atoms with E-state index in [0.717, 1.165) is 16.9 Å². The Kier molecular flexibility index (Phi) is 5.98. The van der Waals surface area contributed by atoms with E-state index in [-0.39, 0.29) is 12.6 Å². The number of nitrogens with one attached hydrogen (secondary N) is 1. The van der Waals surface area contributed by atoms with Crippen LogP contribution >= 0.6 is 0 Å². The Morgan fingerprint density at radius 3 is 2.65 bits per heavy atom. The van der Waals surface area contributed by atoms with Crippen molar-refractivity contribution in [1.29, 1.82) is 0 Å². The van der Waals surface area contributed by atoms with Crippen molar-refractivity contribution in [2.75, 3.05) is 6.61 Å². The highest BCUT2D eigenvalue weighted by atomic mass is 16.5. The largest absolute Gasteiger partial charge is 0.489 e. The van der Waals surface area contributed by atoms with Crippen molar-refractivity contribution in [3.63, 3.8) is 0 Å². The summed E-state index contributed by atoms with van der Waals surface area (Å²) in [4.78, 5) is 19.3. The first-order valence-corrected chi connectivity index (χ1v) is 9.73. The number of rotatable bonds is 8. The predicted octanol–water partition coefficient (Wildman–Crippen LogP) is 4.50. The van der Waals surface area contributed by atoms with Gasteiger partial charge in [-0.15, -0.1) is 0 Å². The van der Waals surface area contributed by atoms with Crippen LogP contribution in [0.25, 0.3) is 22.6 Å². The molecule has 2 heterocycles. The second-order valence-corrected chi connectivity index (χ2v) is 6.97. The van der Waals surface area contributed by atoms with Gasteiger partial charge in [-0.25, -0.2) is 14.8 Å². The number of hydrogen-bond donors (Lipinski definition) is 2. The van der Waals surface area contributed by atoms with Gasteiger partial charge in [0.05, 0.1) is 12.2 Å². The van der Waals surface area contributed by atoms with Crippen LogP contribution < -0.4 is 14.8 Å². The van der Waals surface area contributed by atoms with Gasteiger partial charge in [-0.3, -0.25) is 0 Å². The Bertz CT molecular complexity index is 1160. The van der Waals surface area contributed by atoms with Crippen molar-refractivity contribution in [2.45, 2.75) is 19.6 Å². The predicted molar refractivity (Wildman–Crippen MR) is 114 cm³/mol. The number of nitrogens with zero attached hydrogens (tertiary/aromatic N) is 2. The van der Waals surface area contributed by atoms with Crippen LogP contribution in [0.15, 0.2) is 71.3 Å². The van der Waals surface area contributed by atoms with Crippen molar-refractivity contribution in [1.82, 2.24) is 15.3 Å². The van der Waals surface area contributed by atoms with E-state index in [1.165, 1.54) is 0 Å². The summed E-state index contributed by atoms with van der Waals surface area (Å²) in [6, 6.07) is 18.7. The number of amides is 1. The maximum Gasteiger partial charge on any atom is 0.404 e. The number of oxazole rings is 1. The van der Waals surface area contributed by atoms with Crippen molar-refractivity contribution in [3.8, 4) is 23.1 Å². The molecule has 0 saturated carbocycles. The van der Waals surface area contributed by atoms with E-state index >= 15 is 0 Å². The molecule has 31 heavy (non-hydrogen) atoms. The van der Waals surface area contributed by atoms with Crippen LogP contribution in [0.1, 0.15) is 12.5 Å². The van der Waals surface area contributed by atoms with Crippen molar-refractivity contribution < 1.29 is 23.8 Å². The molecule has 2 aromatic carbocycles. The van der Waals surface area contributed by atoms with Gasteiger partial charge in [-0.05, 0) is 36.8 Å². The third kappa shape index (κ3) is 5.30. The average molecular weight is 419 g/mol. The number of ether oxygens (including phenoxy) is 2. The van der Waals surface area contributed by atoms with E-state index in [1.807, 2.05) is 54.6 Å². The Labute approximate surface area is 178 Å². The number of fused-ring (bicyclic) bond motifs is 1. The summed E-state index contributed by atoms with van der Waals surface area (Å²) in [5.41, 5.74) is 3.04. The molecule has 0 radical (unpaired) electrons. The zero-order valence-electron chi connectivity index (χ0n) is 16.8. The summed E-state index contributed by atoms with van der Waals surface area (Å²) in [6.07, 6.45) is 0.459. The molecule has 4 rings (SSSR count). The van der Waals surface area contributed by atoms with Gasteiger partial charge in [0.25, 0.3) is 0 Å². The topological polar surface area (TPSA) is 107 Å². The zero-order chi connectivity index (χ0) is 21.6. The summed E-state index contributed by atoms with van der Waals surface area (Å²) in [5.74, 6) is 1.55. The van der Waals surface area contributed by atoms with Crippen LogP contribution in [-0.2, 0) is 6.61 Å². The van der Waals surface area contributed by atoms with E-state index in [9.17, 15) is 4.79 Å². The third-order valence-electron chi connectivity index (χ3n) is 4.45. The second kappa shape index (κ2) is 9.17. The van der Waals surface area contributed by atoms with Crippen molar-refractivity contribution >= 4 is 17.2 Å². The second-order valence-electron chi connectivity index (χ2n) is 6.97. The summed E-state index contributed by atoms with van der Waals surface area (Å²) in [5, 5.41) is 11.0. The number of benzene rings is 2. The molecule has 0 unspecified atom stereocenters.